The van der Waals surface area contributed by atoms with Gasteiger partial charge in [0, 0.05) is 24.7 Å². The van der Waals surface area contributed by atoms with Crippen LogP contribution in [-0.4, -0.2) is 37.7 Å². The molecule has 1 aliphatic rings. The summed E-state index contributed by atoms with van der Waals surface area (Å²) in [5.74, 6) is -0.303. The molecule has 0 radical (unpaired) electrons. The molecule has 0 aromatic carbocycles. The second-order valence-electron chi connectivity index (χ2n) is 4.32. The smallest absolute Gasteiger partial charge is 0.274 e. The number of H-pyrrole nitrogens is 3. The predicted octanol–water partition coefficient (Wildman–Crippen LogP) is -1.02. The first-order valence-corrected chi connectivity index (χ1v) is 5.78. The molecule has 98 valence electrons. The van der Waals surface area contributed by atoms with Gasteiger partial charge in [-0.15, -0.1) is 0 Å². The van der Waals surface area contributed by atoms with E-state index < -0.39 is 0 Å². The lowest BCUT2D eigenvalue weighted by molar-refractivity contribution is 0.0726. The Bertz CT molecular complexity index is 721. The number of fused-ring (bicyclic) bond motifs is 1. The molecule has 8 nitrogen and oxygen atoms in total. The second-order valence-corrected chi connectivity index (χ2v) is 4.32. The minimum atomic E-state index is -0.362. The van der Waals surface area contributed by atoms with E-state index in [0.717, 1.165) is 5.69 Å². The molecule has 1 aliphatic heterocycles. The monoisotopic (exact) mass is 261 g/mol. The lowest BCUT2D eigenvalue weighted by Gasteiger charge is -2.25. The van der Waals surface area contributed by atoms with Gasteiger partial charge < -0.3 is 10.00 Å². The van der Waals surface area contributed by atoms with Gasteiger partial charge in [-0.3, -0.25) is 19.5 Å². The molecule has 0 atom stereocenters. The van der Waals surface area contributed by atoms with Crippen LogP contribution in [0.1, 0.15) is 21.7 Å². The molecule has 3 N–H and O–H groups in total. The van der Waals surface area contributed by atoms with Gasteiger partial charge >= 0.3 is 0 Å². The van der Waals surface area contributed by atoms with Crippen molar-refractivity contribution in [1.82, 2.24) is 25.3 Å². The average Bonchev–Trinajstić information content (AvgIpc) is 2.80. The zero-order valence-electron chi connectivity index (χ0n) is 9.90. The summed E-state index contributed by atoms with van der Waals surface area (Å²) >= 11 is 0. The van der Waals surface area contributed by atoms with E-state index in [9.17, 15) is 14.4 Å². The van der Waals surface area contributed by atoms with Gasteiger partial charge in [0.25, 0.3) is 17.0 Å². The van der Waals surface area contributed by atoms with Crippen LogP contribution in [0.5, 0.6) is 0 Å². The van der Waals surface area contributed by atoms with Crippen LogP contribution in [-0.2, 0) is 13.0 Å². The Kier molecular flexibility index (Phi) is 2.55. The summed E-state index contributed by atoms with van der Waals surface area (Å²) in [6.07, 6.45) is 0.586. The molecule has 0 unspecified atom stereocenters. The number of rotatable bonds is 1. The molecule has 0 saturated carbocycles. The van der Waals surface area contributed by atoms with Gasteiger partial charge in [0.05, 0.1) is 12.1 Å². The summed E-state index contributed by atoms with van der Waals surface area (Å²) in [4.78, 5) is 36.1. The second kappa shape index (κ2) is 4.23. The predicted molar refractivity (Wildman–Crippen MR) is 64.7 cm³/mol. The third-order valence-corrected chi connectivity index (χ3v) is 3.13. The van der Waals surface area contributed by atoms with Gasteiger partial charge in [-0.2, -0.15) is 5.10 Å². The molecule has 0 bridgehead atoms. The van der Waals surface area contributed by atoms with Crippen molar-refractivity contribution >= 4 is 5.91 Å². The van der Waals surface area contributed by atoms with Gasteiger partial charge in [0.1, 0.15) is 5.69 Å². The van der Waals surface area contributed by atoms with E-state index in [2.05, 4.69) is 20.4 Å². The number of nitrogens with one attached hydrogen (secondary N) is 3. The molecule has 1 amide bonds. The van der Waals surface area contributed by atoms with Crippen molar-refractivity contribution in [2.75, 3.05) is 6.54 Å². The Hall–Kier alpha value is -2.64. The van der Waals surface area contributed by atoms with Crippen LogP contribution in [0, 0.1) is 0 Å². The Labute approximate surface area is 106 Å². The first kappa shape index (κ1) is 11.5. The van der Waals surface area contributed by atoms with Crippen LogP contribution in [0.15, 0.2) is 21.7 Å². The zero-order chi connectivity index (χ0) is 13.4. The van der Waals surface area contributed by atoms with Gasteiger partial charge in [0.15, 0.2) is 0 Å². The molecule has 19 heavy (non-hydrogen) atoms. The van der Waals surface area contributed by atoms with E-state index in [1.54, 1.807) is 0 Å². The Balaban J connectivity index is 1.86. The van der Waals surface area contributed by atoms with E-state index in [0.29, 0.717) is 18.5 Å². The van der Waals surface area contributed by atoms with Crippen molar-refractivity contribution in [2.24, 2.45) is 0 Å². The van der Waals surface area contributed by atoms with Crippen LogP contribution in [0.4, 0.5) is 0 Å². The summed E-state index contributed by atoms with van der Waals surface area (Å²) in [5.41, 5.74) is 1.00. The molecule has 0 fully saturated rings. The molecule has 2 aromatic rings. The highest BCUT2D eigenvalue weighted by Crippen LogP contribution is 2.14. The summed E-state index contributed by atoms with van der Waals surface area (Å²) in [7, 11) is 0. The normalized spacial score (nSPS) is 14.2. The Morgan fingerprint density at radius 1 is 1.26 bits per heavy atom. The number of hydrogen-bond acceptors (Lipinski definition) is 4. The van der Waals surface area contributed by atoms with E-state index in [-0.39, 0.29) is 29.3 Å². The van der Waals surface area contributed by atoms with Crippen molar-refractivity contribution < 1.29 is 4.79 Å². The van der Waals surface area contributed by atoms with Crippen molar-refractivity contribution in [3.8, 4) is 0 Å². The largest absolute Gasteiger partial charge is 0.332 e. The SMILES string of the molecule is O=C(c1ccc(=O)[nH]n1)N1CCc2[nH][nH]c(=O)c2C1. The van der Waals surface area contributed by atoms with Gasteiger partial charge in [-0.05, 0) is 6.07 Å². The highest BCUT2D eigenvalue weighted by molar-refractivity contribution is 5.92. The molecule has 2 aromatic heterocycles. The van der Waals surface area contributed by atoms with Crippen LogP contribution in [0.2, 0.25) is 0 Å². The summed E-state index contributed by atoms with van der Waals surface area (Å²) in [6.45, 7) is 0.744. The van der Waals surface area contributed by atoms with Gasteiger partial charge in [0.2, 0.25) is 0 Å². The standard InChI is InChI=1S/C11H11N5O3/c17-9-2-1-8(13-14-9)11(19)16-4-3-7-6(5-16)10(18)15-12-7/h1-2H,3-5H2,(H,14,17)(H2,12,15,18). The van der Waals surface area contributed by atoms with Crippen molar-refractivity contribution in [3.05, 3.63) is 49.8 Å². The van der Waals surface area contributed by atoms with Gasteiger partial charge in [-0.1, -0.05) is 0 Å². The van der Waals surface area contributed by atoms with Crippen LogP contribution in [0.25, 0.3) is 0 Å². The zero-order valence-corrected chi connectivity index (χ0v) is 9.90. The lowest BCUT2D eigenvalue weighted by atomic mass is 10.1. The van der Waals surface area contributed by atoms with Crippen molar-refractivity contribution in [1.29, 1.82) is 0 Å². The highest BCUT2D eigenvalue weighted by atomic mass is 16.2. The molecular formula is C11H11N5O3. The minimum Gasteiger partial charge on any atom is -0.332 e. The van der Waals surface area contributed by atoms with E-state index in [1.165, 1.54) is 17.0 Å². The Morgan fingerprint density at radius 3 is 2.84 bits per heavy atom. The minimum absolute atomic E-state index is 0.162. The topological polar surface area (TPSA) is 115 Å². The average molecular weight is 261 g/mol. The maximum atomic E-state index is 12.2. The summed E-state index contributed by atoms with van der Waals surface area (Å²) in [5, 5.41) is 11.2. The van der Waals surface area contributed by atoms with E-state index >= 15 is 0 Å². The van der Waals surface area contributed by atoms with Crippen molar-refractivity contribution in [2.45, 2.75) is 13.0 Å². The molecule has 0 saturated heterocycles. The van der Waals surface area contributed by atoms with Crippen molar-refractivity contribution in [3.63, 3.8) is 0 Å². The lowest BCUT2D eigenvalue weighted by Crippen LogP contribution is -2.38. The molecule has 0 aliphatic carbocycles. The highest BCUT2D eigenvalue weighted by Gasteiger charge is 2.25. The maximum Gasteiger partial charge on any atom is 0.274 e. The van der Waals surface area contributed by atoms with E-state index in [4.69, 9.17) is 0 Å². The first-order chi connectivity index (χ1) is 9.15. The number of nitrogens with zero attached hydrogens (tertiary/aromatic N) is 2. The van der Waals surface area contributed by atoms with Crippen LogP contribution >= 0.6 is 0 Å². The fraction of sp³-hybridized carbons (Fsp3) is 0.273. The fourth-order valence-electron chi connectivity index (χ4n) is 2.12. The molecule has 3 rings (SSSR count). The number of carbonyl (C=O) groups is 1. The molecular weight excluding hydrogens is 250 g/mol. The number of amides is 1. The first-order valence-electron chi connectivity index (χ1n) is 5.78. The third kappa shape index (κ3) is 1.96. The summed E-state index contributed by atoms with van der Waals surface area (Å²) in [6, 6.07) is 2.62. The quantitative estimate of drug-likeness (QED) is 0.609. The van der Waals surface area contributed by atoms with Gasteiger partial charge in [-0.25, -0.2) is 5.10 Å². The molecule has 3 heterocycles. The van der Waals surface area contributed by atoms with Crippen LogP contribution < -0.4 is 11.1 Å². The number of aromatic amines is 3. The van der Waals surface area contributed by atoms with Crippen LogP contribution in [0.3, 0.4) is 0 Å². The number of aromatic nitrogens is 4. The fourth-order valence-corrected chi connectivity index (χ4v) is 2.12. The maximum absolute atomic E-state index is 12.2. The third-order valence-electron chi connectivity index (χ3n) is 3.13. The number of carbonyl (C=O) groups excluding carboxylic acids is 1. The Morgan fingerprint density at radius 2 is 2.11 bits per heavy atom. The summed E-state index contributed by atoms with van der Waals surface area (Å²) < 4.78 is 0. The van der Waals surface area contributed by atoms with E-state index in [1.807, 2.05) is 0 Å². The number of hydrogen-bond donors (Lipinski definition) is 3. The molecule has 8 heteroatoms. The molecule has 0 spiro atoms.